The molecule has 1 aromatic heterocycles. The SMILES string of the molecule is C=CCNC(=S)Nn1cc(-c2ccccc2)nc1N. The zero-order valence-electron chi connectivity index (χ0n) is 10.3. The number of rotatable bonds is 4. The highest BCUT2D eigenvalue weighted by Gasteiger charge is 2.07. The molecule has 0 saturated heterocycles. The molecule has 0 saturated carbocycles. The minimum Gasteiger partial charge on any atom is -0.368 e. The van der Waals surface area contributed by atoms with Gasteiger partial charge in [-0.05, 0) is 12.2 Å². The molecule has 0 spiro atoms. The fraction of sp³-hybridized carbons (Fsp3) is 0.0769. The van der Waals surface area contributed by atoms with Crippen LogP contribution in [-0.4, -0.2) is 21.3 Å². The van der Waals surface area contributed by atoms with E-state index >= 15 is 0 Å². The van der Waals surface area contributed by atoms with Crippen molar-refractivity contribution in [2.24, 2.45) is 0 Å². The lowest BCUT2D eigenvalue weighted by Crippen LogP contribution is -2.34. The molecule has 2 aromatic rings. The van der Waals surface area contributed by atoms with Crippen molar-refractivity contribution in [3.8, 4) is 11.3 Å². The Morgan fingerprint density at radius 2 is 2.16 bits per heavy atom. The number of imidazole rings is 1. The van der Waals surface area contributed by atoms with Gasteiger partial charge in [0.2, 0.25) is 5.95 Å². The molecular formula is C13H15N5S. The van der Waals surface area contributed by atoms with Crippen LogP contribution >= 0.6 is 12.2 Å². The molecule has 0 aliphatic heterocycles. The summed E-state index contributed by atoms with van der Waals surface area (Å²) in [5, 5.41) is 3.42. The number of nitrogens with one attached hydrogen (secondary N) is 2. The number of aromatic nitrogens is 2. The Morgan fingerprint density at radius 3 is 2.84 bits per heavy atom. The third-order valence-electron chi connectivity index (χ3n) is 2.43. The summed E-state index contributed by atoms with van der Waals surface area (Å²) in [5.74, 6) is 0.349. The van der Waals surface area contributed by atoms with Crippen LogP contribution in [0.25, 0.3) is 11.3 Å². The predicted molar refractivity (Wildman–Crippen MR) is 82.2 cm³/mol. The van der Waals surface area contributed by atoms with E-state index in [1.54, 1.807) is 16.9 Å². The maximum absolute atomic E-state index is 5.84. The highest BCUT2D eigenvalue weighted by Crippen LogP contribution is 2.18. The first-order valence-electron chi connectivity index (χ1n) is 5.76. The van der Waals surface area contributed by atoms with Crippen LogP contribution in [0.5, 0.6) is 0 Å². The zero-order valence-corrected chi connectivity index (χ0v) is 11.2. The van der Waals surface area contributed by atoms with Gasteiger partial charge < -0.3 is 11.1 Å². The third kappa shape index (κ3) is 3.32. The van der Waals surface area contributed by atoms with Crippen LogP contribution in [0.4, 0.5) is 5.95 Å². The van der Waals surface area contributed by atoms with Gasteiger partial charge in [-0.3, -0.25) is 5.43 Å². The maximum Gasteiger partial charge on any atom is 0.220 e. The van der Waals surface area contributed by atoms with Gasteiger partial charge in [-0.15, -0.1) is 6.58 Å². The van der Waals surface area contributed by atoms with Gasteiger partial charge in [0.05, 0.1) is 11.9 Å². The largest absolute Gasteiger partial charge is 0.368 e. The first-order chi connectivity index (χ1) is 9.20. The van der Waals surface area contributed by atoms with Crippen LogP contribution in [0.2, 0.25) is 0 Å². The lowest BCUT2D eigenvalue weighted by atomic mass is 10.2. The van der Waals surface area contributed by atoms with E-state index in [-0.39, 0.29) is 0 Å². The Morgan fingerprint density at radius 1 is 1.42 bits per heavy atom. The Balaban J connectivity index is 2.13. The summed E-state index contributed by atoms with van der Waals surface area (Å²) in [6, 6.07) is 9.81. The van der Waals surface area contributed by atoms with E-state index < -0.39 is 0 Å². The predicted octanol–water partition coefficient (Wildman–Crippen LogP) is 1.74. The lowest BCUT2D eigenvalue weighted by molar-refractivity contribution is 0.950. The average Bonchev–Trinajstić information content (AvgIpc) is 2.79. The molecule has 5 nitrogen and oxygen atoms in total. The second-order valence-corrected chi connectivity index (χ2v) is 4.24. The monoisotopic (exact) mass is 273 g/mol. The molecule has 98 valence electrons. The van der Waals surface area contributed by atoms with Gasteiger partial charge in [0.15, 0.2) is 5.11 Å². The van der Waals surface area contributed by atoms with Crippen molar-refractivity contribution in [3.63, 3.8) is 0 Å². The Labute approximate surface area is 117 Å². The van der Waals surface area contributed by atoms with Crippen molar-refractivity contribution in [2.75, 3.05) is 17.7 Å². The van der Waals surface area contributed by atoms with Gasteiger partial charge in [0, 0.05) is 12.1 Å². The van der Waals surface area contributed by atoms with E-state index in [1.807, 2.05) is 30.3 Å². The molecule has 0 amide bonds. The van der Waals surface area contributed by atoms with Gasteiger partial charge in [0.1, 0.15) is 0 Å². The summed E-state index contributed by atoms with van der Waals surface area (Å²) in [6.07, 6.45) is 3.52. The van der Waals surface area contributed by atoms with Crippen molar-refractivity contribution in [1.29, 1.82) is 0 Å². The van der Waals surface area contributed by atoms with E-state index in [0.717, 1.165) is 11.3 Å². The number of benzene rings is 1. The van der Waals surface area contributed by atoms with E-state index in [0.29, 0.717) is 17.6 Å². The summed E-state index contributed by atoms with van der Waals surface area (Å²) in [4.78, 5) is 4.28. The van der Waals surface area contributed by atoms with Gasteiger partial charge in [-0.1, -0.05) is 36.4 Å². The van der Waals surface area contributed by atoms with Crippen LogP contribution in [-0.2, 0) is 0 Å². The number of hydrogen-bond acceptors (Lipinski definition) is 3. The van der Waals surface area contributed by atoms with Crippen molar-refractivity contribution >= 4 is 23.3 Å². The molecule has 6 heteroatoms. The molecular weight excluding hydrogens is 258 g/mol. The van der Waals surface area contributed by atoms with Gasteiger partial charge in [-0.2, -0.15) is 0 Å². The molecule has 0 aliphatic rings. The number of anilines is 1. The van der Waals surface area contributed by atoms with E-state index in [4.69, 9.17) is 18.0 Å². The second-order valence-electron chi connectivity index (χ2n) is 3.83. The minimum absolute atomic E-state index is 0.349. The lowest BCUT2D eigenvalue weighted by Gasteiger charge is -2.09. The molecule has 0 unspecified atom stereocenters. The highest BCUT2D eigenvalue weighted by molar-refractivity contribution is 7.80. The normalized spacial score (nSPS) is 9.89. The van der Waals surface area contributed by atoms with Gasteiger partial charge in [-0.25, -0.2) is 9.66 Å². The van der Waals surface area contributed by atoms with Crippen LogP contribution in [0.3, 0.4) is 0 Å². The third-order valence-corrected chi connectivity index (χ3v) is 2.67. The van der Waals surface area contributed by atoms with Crippen LogP contribution in [0.1, 0.15) is 0 Å². The quantitative estimate of drug-likeness (QED) is 0.585. The summed E-state index contributed by atoms with van der Waals surface area (Å²) < 4.78 is 1.58. The summed E-state index contributed by atoms with van der Waals surface area (Å²) in [7, 11) is 0. The van der Waals surface area contributed by atoms with Crippen molar-refractivity contribution in [1.82, 2.24) is 15.0 Å². The topological polar surface area (TPSA) is 67.9 Å². The molecule has 4 N–H and O–H groups in total. The summed E-state index contributed by atoms with van der Waals surface area (Å²) in [6.45, 7) is 4.20. The molecule has 19 heavy (non-hydrogen) atoms. The first-order valence-corrected chi connectivity index (χ1v) is 6.17. The van der Waals surface area contributed by atoms with E-state index in [9.17, 15) is 0 Å². The number of hydrogen-bond donors (Lipinski definition) is 3. The second kappa shape index (κ2) is 6.01. The molecule has 0 bridgehead atoms. The molecule has 1 heterocycles. The van der Waals surface area contributed by atoms with E-state index in [2.05, 4.69) is 22.3 Å². The van der Waals surface area contributed by atoms with Crippen LogP contribution in [0, 0.1) is 0 Å². The van der Waals surface area contributed by atoms with E-state index in [1.165, 1.54) is 0 Å². The Kier molecular flexibility index (Phi) is 4.15. The first kappa shape index (κ1) is 13.1. The van der Waals surface area contributed by atoms with Crippen LogP contribution < -0.4 is 16.5 Å². The van der Waals surface area contributed by atoms with Crippen molar-refractivity contribution in [3.05, 3.63) is 49.2 Å². The molecule has 0 aliphatic carbocycles. The van der Waals surface area contributed by atoms with Crippen molar-refractivity contribution in [2.45, 2.75) is 0 Å². The molecule has 0 radical (unpaired) electrons. The zero-order chi connectivity index (χ0) is 13.7. The fourth-order valence-electron chi connectivity index (χ4n) is 1.55. The number of thiocarbonyl (C=S) groups is 1. The summed E-state index contributed by atoms with van der Waals surface area (Å²) in [5.41, 5.74) is 10.6. The van der Waals surface area contributed by atoms with Gasteiger partial charge >= 0.3 is 0 Å². The number of nitrogens with two attached hydrogens (primary N) is 1. The Bertz CT molecular complexity index is 576. The standard InChI is InChI=1S/C13H15N5S/c1-2-8-15-13(19)17-18-9-11(16-12(18)14)10-6-4-3-5-7-10/h2-7,9H,1,8H2,(H2,14,16)(H2,15,17,19). The maximum atomic E-state index is 5.84. The Hall–Kier alpha value is -2.34. The molecule has 1 aromatic carbocycles. The number of nitrogens with zero attached hydrogens (tertiary/aromatic N) is 2. The minimum atomic E-state index is 0.349. The highest BCUT2D eigenvalue weighted by atomic mass is 32.1. The molecule has 2 rings (SSSR count). The van der Waals surface area contributed by atoms with Crippen LogP contribution in [0.15, 0.2) is 49.2 Å². The van der Waals surface area contributed by atoms with Gasteiger partial charge in [0.25, 0.3) is 0 Å². The number of nitrogen functional groups attached to an aromatic ring is 1. The molecule has 0 fully saturated rings. The van der Waals surface area contributed by atoms with Crippen molar-refractivity contribution < 1.29 is 0 Å². The fourth-order valence-corrected chi connectivity index (χ4v) is 1.73. The smallest absolute Gasteiger partial charge is 0.220 e. The molecule has 0 atom stereocenters. The summed E-state index contributed by atoms with van der Waals surface area (Å²) >= 11 is 5.11. The average molecular weight is 273 g/mol.